The van der Waals surface area contributed by atoms with Crippen molar-refractivity contribution in [2.45, 2.75) is 32.9 Å². The quantitative estimate of drug-likeness (QED) is 0.715. The van der Waals surface area contributed by atoms with Gasteiger partial charge in [-0.05, 0) is 37.0 Å². The summed E-state index contributed by atoms with van der Waals surface area (Å²) in [5.41, 5.74) is 0. The molecule has 17 heavy (non-hydrogen) atoms. The van der Waals surface area contributed by atoms with E-state index in [9.17, 15) is 4.79 Å². The summed E-state index contributed by atoms with van der Waals surface area (Å²) in [5.74, 6) is 1.50. The van der Waals surface area contributed by atoms with E-state index in [-0.39, 0.29) is 0 Å². The maximum absolute atomic E-state index is 10.7. The van der Waals surface area contributed by atoms with Crippen molar-refractivity contribution in [1.29, 1.82) is 0 Å². The van der Waals surface area contributed by atoms with Gasteiger partial charge in [-0.3, -0.25) is 0 Å². The Morgan fingerprint density at radius 1 is 1.59 bits per heavy atom. The van der Waals surface area contributed by atoms with E-state index >= 15 is 0 Å². The summed E-state index contributed by atoms with van der Waals surface area (Å²) in [4.78, 5) is 12.2. The second kappa shape index (κ2) is 7.74. The molecule has 1 rings (SSSR count). The van der Waals surface area contributed by atoms with Gasteiger partial charge in [-0.2, -0.15) is 11.8 Å². The van der Waals surface area contributed by atoms with Crippen LogP contribution in [0.4, 0.5) is 0 Å². The molecule has 0 amide bonds. The highest BCUT2D eigenvalue weighted by Gasteiger charge is 2.07. The first kappa shape index (κ1) is 14.5. The van der Waals surface area contributed by atoms with Crippen LogP contribution in [0.1, 0.15) is 34.8 Å². The van der Waals surface area contributed by atoms with Crippen LogP contribution in [0.25, 0.3) is 0 Å². The normalized spacial score (nSPS) is 12.6. The van der Waals surface area contributed by atoms with Crippen molar-refractivity contribution in [2.75, 3.05) is 11.5 Å². The zero-order chi connectivity index (χ0) is 12.7. The molecule has 2 N–H and O–H groups in total. The number of aromatic carboxylic acids is 1. The molecular weight excluding hydrogens is 254 g/mol. The van der Waals surface area contributed by atoms with Crippen LogP contribution in [-0.4, -0.2) is 28.6 Å². The van der Waals surface area contributed by atoms with Crippen molar-refractivity contribution < 1.29 is 9.90 Å². The smallest absolute Gasteiger partial charge is 0.345 e. The lowest BCUT2D eigenvalue weighted by Crippen LogP contribution is -2.25. The van der Waals surface area contributed by atoms with Crippen molar-refractivity contribution in [3.05, 3.63) is 21.9 Å². The molecule has 96 valence electrons. The second-order valence-electron chi connectivity index (χ2n) is 3.84. The molecule has 0 aliphatic rings. The van der Waals surface area contributed by atoms with Gasteiger partial charge in [0.15, 0.2) is 0 Å². The number of carboxylic acids is 1. The van der Waals surface area contributed by atoms with Gasteiger partial charge in [-0.15, -0.1) is 11.3 Å². The van der Waals surface area contributed by atoms with Gasteiger partial charge in [0.25, 0.3) is 0 Å². The molecule has 0 radical (unpaired) electrons. The highest BCUT2D eigenvalue weighted by molar-refractivity contribution is 7.99. The predicted molar refractivity (Wildman–Crippen MR) is 75.2 cm³/mol. The van der Waals surface area contributed by atoms with Gasteiger partial charge in [-0.25, -0.2) is 4.79 Å². The fraction of sp³-hybridized carbons (Fsp3) is 0.583. The number of rotatable bonds is 8. The van der Waals surface area contributed by atoms with Gasteiger partial charge < -0.3 is 10.4 Å². The Balaban J connectivity index is 2.26. The average molecular weight is 273 g/mol. The van der Waals surface area contributed by atoms with Gasteiger partial charge in [0.1, 0.15) is 4.88 Å². The minimum atomic E-state index is -0.839. The Kier molecular flexibility index (Phi) is 6.62. The SMILES string of the molecule is CCSCCC(C)NCc1ccc(C(=O)O)s1. The number of hydrogen-bond acceptors (Lipinski definition) is 4. The van der Waals surface area contributed by atoms with E-state index < -0.39 is 5.97 Å². The molecule has 0 fully saturated rings. The largest absolute Gasteiger partial charge is 0.477 e. The fourth-order valence-electron chi connectivity index (χ4n) is 1.37. The van der Waals surface area contributed by atoms with Gasteiger partial charge in [0.05, 0.1) is 0 Å². The third-order valence-corrected chi connectivity index (χ3v) is 4.40. The molecule has 0 aliphatic carbocycles. The van der Waals surface area contributed by atoms with Crippen molar-refractivity contribution in [3.8, 4) is 0 Å². The average Bonchev–Trinajstić information content (AvgIpc) is 2.75. The van der Waals surface area contributed by atoms with Crippen molar-refractivity contribution >= 4 is 29.1 Å². The molecule has 0 saturated heterocycles. The molecule has 1 atom stereocenters. The molecule has 0 aromatic carbocycles. The van der Waals surface area contributed by atoms with Gasteiger partial charge >= 0.3 is 5.97 Å². The van der Waals surface area contributed by atoms with Crippen molar-refractivity contribution in [3.63, 3.8) is 0 Å². The topological polar surface area (TPSA) is 49.3 Å². The summed E-state index contributed by atoms with van der Waals surface area (Å²) in [6, 6.07) is 4.03. The zero-order valence-electron chi connectivity index (χ0n) is 10.2. The molecule has 1 aromatic heterocycles. The predicted octanol–water partition coefficient (Wildman–Crippen LogP) is 3.07. The van der Waals surface area contributed by atoms with E-state index in [1.54, 1.807) is 6.07 Å². The molecule has 0 aliphatic heterocycles. The molecule has 1 aromatic rings. The molecule has 3 nitrogen and oxygen atoms in total. The maximum atomic E-state index is 10.7. The van der Waals surface area contributed by atoms with E-state index in [1.165, 1.54) is 22.8 Å². The summed E-state index contributed by atoms with van der Waals surface area (Å²) in [6.07, 6.45) is 1.15. The first-order chi connectivity index (χ1) is 8.13. The monoisotopic (exact) mass is 273 g/mol. The lowest BCUT2D eigenvalue weighted by molar-refractivity contribution is 0.0702. The van der Waals surface area contributed by atoms with Crippen molar-refractivity contribution in [2.24, 2.45) is 0 Å². The van der Waals surface area contributed by atoms with Crippen LogP contribution in [-0.2, 0) is 6.54 Å². The van der Waals surface area contributed by atoms with Crippen LogP contribution in [0.5, 0.6) is 0 Å². The molecule has 0 spiro atoms. The van der Waals surface area contributed by atoms with E-state index in [0.717, 1.165) is 17.8 Å². The van der Waals surface area contributed by atoms with Crippen LogP contribution >= 0.6 is 23.1 Å². The van der Waals surface area contributed by atoms with Crippen molar-refractivity contribution in [1.82, 2.24) is 5.32 Å². The van der Waals surface area contributed by atoms with Crippen LogP contribution < -0.4 is 5.32 Å². The third-order valence-electron chi connectivity index (χ3n) is 2.40. The Morgan fingerprint density at radius 2 is 2.35 bits per heavy atom. The molecule has 1 unspecified atom stereocenters. The minimum absolute atomic E-state index is 0.413. The Morgan fingerprint density at radius 3 is 2.94 bits per heavy atom. The van der Waals surface area contributed by atoms with Gasteiger partial charge in [0, 0.05) is 17.5 Å². The van der Waals surface area contributed by atoms with Crippen LogP contribution in [0.2, 0.25) is 0 Å². The Bertz CT molecular complexity index is 352. The maximum Gasteiger partial charge on any atom is 0.345 e. The lowest BCUT2D eigenvalue weighted by Gasteiger charge is -2.12. The summed E-state index contributed by atoms with van der Waals surface area (Å²) in [7, 11) is 0. The summed E-state index contributed by atoms with van der Waals surface area (Å²) in [6.45, 7) is 5.10. The number of thioether (sulfide) groups is 1. The van der Waals surface area contributed by atoms with Crippen LogP contribution in [0.3, 0.4) is 0 Å². The van der Waals surface area contributed by atoms with E-state index in [0.29, 0.717) is 10.9 Å². The first-order valence-electron chi connectivity index (χ1n) is 5.76. The number of carboxylic acid groups (broad SMARTS) is 1. The molecule has 0 saturated carbocycles. The second-order valence-corrected chi connectivity index (χ2v) is 6.40. The summed E-state index contributed by atoms with van der Waals surface area (Å²) in [5, 5.41) is 12.2. The zero-order valence-corrected chi connectivity index (χ0v) is 11.9. The standard InChI is InChI=1S/C12H19NO2S2/c1-3-16-7-6-9(2)13-8-10-4-5-11(17-10)12(14)15/h4-5,9,13H,3,6-8H2,1-2H3,(H,14,15). The molecule has 5 heteroatoms. The first-order valence-corrected chi connectivity index (χ1v) is 7.73. The summed E-state index contributed by atoms with van der Waals surface area (Å²) >= 11 is 3.30. The minimum Gasteiger partial charge on any atom is -0.477 e. The molecule has 0 bridgehead atoms. The Hall–Kier alpha value is -0.520. The molecular formula is C12H19NO2S2. The number of thiophene rings is 1. The highest BCUT2D eigenvalue weighted by atomic mass is 32.2. The Labute approximate surface area is 111 Å². The number of hydrogen-bond donors (Lipinski definition) is 2. The van der Waals surface area contributed by atoms with E-state index in [2.05, 4.69) is 19.2 Å². The summed E-state index contributed by atoms with van der Waals surface area (Å²) < 4.78 is 0. The third kappa shape index (κ3) is 5.57. The van der Waals surface area contributed by atoms with Gasteiger partial charge in [0.2, 0.25) is 0 Å². The van der Waals surface area contributed by atoms with Crippen LogP contribution in [0, 0.1) is 0 Å². The fourth-order valence-corrected chi connectivity index (χ4v) is 2.98. The number of carbonyl (C=O) groups is 1. The van der Waals surface area contributed by atoms with Gasteiger partial charge in [-0.1, -0.05) is 6.92 Å². The van der Waals surface area contributed by atoms with Crippen LogP contribution in [0.15, 0.2) is 12.1 Å². The van der Waals surface area contributed by atoms with E-state index in [1.807, 2.05) is 17.8 Å². The highest BCUT2D eigenvalue weighted by Crippen LogP contribution is 2.16. The van der Waals surface area contributed by atoms with E-state index in [4.69, 9.17) is 5.11 Å². The number of nitrogens with one attached hydrogen (secondary N) is 1. The lowest BCUT2D eigenvalue weighted by atomic mass is 10.2. The molecule has 1 heterocycles.